The average Bonchev–Trinajstić information content (AvgIpc) is 1.98. The summed E-state index contributed by atoms with van der Waals surface area (Å²) in [7, 11) is 0. The van der Waals surface area contributed by atoms with Crippen LogP contribution in [0, 0.1) is 17.8 Å². The van der Waals surface area contributed by atoms with E-state index in [4.69, 9.17) is 5.11 Å². The highest BCUT2D eigenvalue weighted by molar-refractivity contribution is 5.66. The van der Waals surface area contributed by atoms with Crippen molar-refractivity contribution in [3.63, 3.8) is 0 Å². The van der Waals surface area contributed by atoms with Crippen molar-refractivity contribution in [1.82, 2.24) is 0 Å². The highest BCUT2D eigenvalue weighted by Gasteiger charge is 1.94. The standard InChI is InChI=1S/C10H16O2/c1-3-6-9(2)7-4-5-8-10(11)12/h9H,3,5-6,8H2,1-2H3,(H,11,12). The van der Waals surface area contributed by atoms with Crippen molar-refractivity contribution in [2.75, 3.05) is 0 Å². The molecular formula is C10H16O2. The van der Waals surface area contributed by atoms with Crippen molar-refractivity contribution >= 4 is 5.97 Å². The second kappa shape index (κ2) is 6.72. The zero-order valence-corrected chi connectivity index (χ0v) is 7.76. The predicted molar refractivity (Wildman–Crippen MR) is 48.7 cm³/mol. The summed E-state index contributed by atoms with van der Waals surface area (Å²) in [6.07, 6.45) is 2.87. The van der Waals surface area contributed by atoms with Crippen LogP contribution in [-0.4, -0.2) is 11.1 Å². The van der Waals surface area contributed by atoms with E-state index in [1.54, 1.807) is 0 Å². The van der Waals surface area contributed by atoms with Crippen LogP contribution < -0.4 is 0 Å². The van der Waals surface area contributed by atoms with Crippen LogP contribution in [0.1, 0.15) is 39.5 Å². The van der Waals surface area contributed by atoms with E-state index in [-0.39, 0.29) is 6.42 Å². The molecule has 0 bridgehead atoms. The third kappa shape index (κ3) is 7.14. The van der Waals surface area contributed by atoms with Crippen LogP contribution in [-0.2, 0) is 4.79 Å². The summed E-state index contributed by atoms with van der Waals surface area (Å²) in [4.78, 5) is 10.1. The van der Waals surface area contributed by atoms with Gasteiger partial charge in [0.15, 0.2) is 0 Å². The van der Waals surface area contributed by atoms with E-state index >= 15 is 0 Å². The van der Waals surface area contributed by atoms with Crippen LogP contribution in [0.2, 0.25) is 0 Å². The predicted octanol–water partition coefficient (Wildman–Crippen LogP) is 2.29. The van der Waals surface area contributed by atoms with Crippen LogP contribution >= 0.6 is 0 Å². The molecule has 2 nitrogen and oxygen atoms in total. The Balaban J connectivity index is 3.51. The molecule has 0 aliphatic carbocycles. The van der Waals surface area contributed by atoms with Gasteiger partial charge in [-0.25, -0.2) is 0 Å². The third-order valence-electron chi connectivity index (χ3n) is 1.53. The van der Waals surface area contributed by atoms with Gasteiger partial charge in [-0.3, -0.25) is 4.79 Å². The first-order valence-corrected chi connectivity index (χ1v) is 4.37. The fourth-order valence-electron chi connectivity index (χ4n) is 0.921. The molecule has 0 saturated carbocycles. The zero-order valence-electron chi connectivity index (χ0n) is 7.76. The highest BCUT2D eigenvalue weighted by Crippen LogP contribution is 2.02. The lowest BCUT2D eigenvalue weighted by Crippen LogP contribution is -1.93. The lowest BCUT2D eigenvalue weighted by molar-refractivity contribution is -0.136. The molecular weight excluding hydrogens is 152 g/mol. The molecule has 0 radical (unpaired) electrons. The van der Waals surface area contributed by atoms with Crippen LogP contribution in [0.15, 0.2) is 0 Å². The Morgan fingerprint density at radius 1 is 1.58 bits per heavy atom. The normalized spacial score (nSPS) is 11.5. The lowest BCUT2D eigenvalue weighted by atomic mass is 10.1. The second-order valence-electron chi connectivity index (χ2n) is 2.90. The van der Waals surface area contributed by atoms with Crippen molar-refractivity contribution in [2.24, 2.45) is 5.92 Å². The van der Waals surface area contributed by atoms with Crippen LogP contribution in [0.3, 0.4) is 0 Å². The van der Waals surface area contributed by atoms with Crippen molar-refractivity contribution < 1.29 is 9.90 Å². The summed E-state index contributed by atoms with van der Waals surface area (Å²) >= 11 is 0. The van der Waals surface area contributed by atoms with Gasteiger partial charge in [-0.2, -0.15) is 0 Å². The van der Waals surface area contributed by atoms with Gasteiger partial charge in [0, 0.05) is 12.3 Å². The molecule has 0 aromatic rings. The number of carbonyl (C=O) groups is 1. The van der Waals surface area contributed by atoms with Gasteiger partial charge in [0.05, 0.1) is 6.42 Å². The number of rotatable bonds is 4. The van der Waals surface area contributed by atoms with Gasteiger partial charge in [-0.1, -0.05) is 20.3 Å². The van der Waals surface area contributed by atoms with Gasteiger partial charge in [-0.15, -0.1) is 11.8 Å². The van der Waals surface area contributed by atoms with E-state index in [0.29, 0.717) is 12.3 Å². The molecule has 1 unspecified atom stereocenters. The average molecular weight is 168 g/mol. The lowest BCUT2D eigenvalue weighted by Gasteiger charge is -1.97. The Morgan fingerprint density at radius 3 is 2.75 bits per heavy atom. The van der Waals surface area contributed by atoms with Gasteiger partial charge in [0.25, 0.3) is 0 Å². The number of aliphatic carboxylic acids is 1. The fraction of sp³-hybridized carbons (Fsp3) is 0.700. The van der Waals surface area contributed by atoms with Gasteiger partial charge < -0.3 is 5.11 Å². The minimum atomic E-state index is -0.771. The molecule has 12 heavy (non-hydrogen) atoms. The first-order chi connectivity index (χ1) is 5.66. The van der Waals surface area contributed by atoms with Crippen molar-refractivity contribution in [3.8, 4) is 11.8 Å². The molecule has 0 spiro atoms. The van der Waals surface area contributed by atoms with E-state index < -0.39 is 5.97 Å². The van der Waals surface area contributed by atoms with Crippen molar-refractivity contribution in [3.05, 3.63) is 0 Å². The maximum absolute atomic E-state index is 10.1. The number of hydrogen-bond donors (Lipinski definition) is 1. The minimum Gasteiger partial charge on any atom is -0.481 e. The Hall–Kier alpha value is -0.970. The summed E-state index contributed by atoms with van der Waals surface area (Å²) in [5.41, 5.74) is 0. The zero-order chi connectivity index (χ0) is 9.40. The monoisotopic (exact) mass is 168 g/mol. The summed E-state index contributed by atoms with van der Waals surface area (Å²) in [6, 6.07) is 0. The largest absolute Gasteiger partial charge is 0.481 e. The molecule has 0 aromatic carbocycles. The van der Waals surface area contributed by atoms with E-state index in [9.17, 15) is 4.79 Å². The molecule has 1 N–H and O–H groups in total. The van der Waals surface area contributed by atoms with E-state index in [1.807, 2.05) is 0 Å². The Kier molecular flexibility index (Phi) is 6.18. The molecule has 0 aromatic heterocycles. The summed E-state index contributed by atoms with van der Waals surface area (Å²) < 4.78 is 0. The maximum Gasteiger partial charge on any atom is 0.304 e. The molecule has 0 heterocycles. The smallest absolute Gasteiger partial charge is 0.304 e. The third-order valence-corrected chi connectivity index (χ3v) is 1.53. The first-order valence-electron chi connectivity index (χ1n) is 4.37. The molecule has 0 aliphatic rings. The number of hydrogen-bond acceptors (Lipinski definition) is 1. The maximum atomic E-state index is 10.1. The van der Waals surface area contributed by atoms with Crippen molar-refractivity contribution in [2.45, 2.75) is 39.5 Å². The Bertz CT molecular complexity index is 186. The summed E-state index contributed by atoms with van der Waals surface area (Å²) in [6.45, 7) is 4.19. The van der Waals surface area contributed by atoms with Gasteiger partial charge in [0.2, 0.25) is 0 Å². The topological polar surface area (TPSA) is 37.3 Å². The molecule has 0 aliphatic heterocycles. The SMILES string of the molecule is CCCC(C)C#CCCC(=O)O. The number of carboxylic acids is 1. The van der Waals surface area contributed by atoms with Gasteiger partial charge in [0.1, 0.15) is 0 Å². The minimum absolute atomic E-state index is 0.159. The number of carboxylic acid groups (broad SMARTS) is 1. The first kappa shape index (κ1) is 11.0. The van der Waals surface area contributed by atoms with Gasteiger partial charge in [-0.05, 0) is 6.42 Å². The van der Waals surface area contributed by atoms with Crippen LogP contribution in [0.25, 0.3) is 0 Å². The summed E-state index contributed by atoms with van der Waals surface area (Å²) in [5.74, 6) is 5.53. The van der Waals surface area contributed by atoms with Crippen LogP contribution in [0.4, 0.5) is 0 Å². The fourth-order valence-corrected chi connectivity index (χ4v) is 0.921. The van der Waals surface area contributed by atoms with E-state index in [2.05, 4.69) is 25.7 Å². The molecule has 0 saturated heterocycles. The molecule has 1 atom stereocenters. The van der Waals surface area contributed by atoms with Crippen LogP contribution in [0.5, 0.6) is 0 Å². The van der Waals surface area contributed by atoms with E-state index in [1.165, 1.54) is 0 Å². The van der Waals surface area contributed by atoms with E-state index in [0.717, 1.165) is 12.8 Å². The molecule has 2 heteroatoms. The molecule has 0 rings (SSSR count). The Morgan fingerprint density at radius 2 is 2.25 bits per heavy atom. The molecule has 0 amide bonds. The van der Waals surface area contributed by atoms with Crippen molar-refractivity contribution in [1.29, 1.82) is 0 Å². The quantitative estimate of drug-likeness (QED) is 0.654. The molecule has 68 valence electrons. The second-order valence-corrected chi connectivity index (χ2v) is 2.90. The Labute approximate surface area is 74.0 Å². The highest BCUT2D eigenvalue weighted by atomic mass is 16.4. The summed E-state index contributed by atoms with van der Waals surface area (Å²) in [5, 5.41) is 8.31. The molecule has 0 fully saturated rings. The van der Waals surface area contributed by atoms with Gasteiger partial charge >= 0.3 is 5.97 Å².